The minimum absolute atomic E-state index is 0.0789. The number of hydrogen-bond acceptors (Lipinski definition) is 10. The topological polar surface area (TPSA) is 129 Å². The van der Waals surface area contributed by atoms with Crippen LogP contribution in [0, 0.1) is 11.8 Å². The van der Waals surface area contributed by atoms with Crippen LogP contribution in [-0.4, -0.2) is 103 Å². The number of hydrogen-bond donors (Lipinski definition) is 2. The predicted molar refractivity (Wildman–Crippen MR) is 128 cm³/mol. The monoisotopic (exact) mass is 532 g/mol. The summed E-state index contributed by atoms with van der Waals surface area (Å²) in [7, 11) is -5.77. The Hall–Kier alpha value is -0.800. The van der Waals surface area contributed by atoms with Crippen molar-refractivity contribution >= 4 is 54.5 Å². The van der Waals surface area contributed by atoms with E-state index in [-0.39, 0.29) is 45.2 Å². The molecule has 0 aromatic rings. The third-order valence-electron chi connectivity index (χ3n) is 5.02. The standard InChI is InChI=1S/C18H32N2O8S4/c21-31(22)9-1-15(13-31)11-19-17(29)27-7-5-25-3-4-26-6-8-28-18(30)20-12-16-2-10-32(23,24)14-16/h15-16H,1-14H2,(H,19,29)(H,20,30). The molecule has 2 aliphatic heterocycles. The summed E-state index contributed by atoms with van der Waals surface area (Å²) >= 11 is 10.1. The second-order valence-electron chi connectivity index (χ2n) is 7.80. The van der Waals surface area contributed by atoms with Crippen molar-refractivity contribution in [3.05, 3.63) is 0 Å². The van der Waals surface area contributed by atoms with Crippen LogP contribution in [0.25, 0.3) is 0 Å². The Bertz CT molecular complexity index is 751. The van der Waals surface area contributed by atoms with Gasteiger partial charge in [-0.25, -0.2) is 16.8 Å². The van der Waals surface area contributed by atoms with E-state index in [1.165, 1.54) is 0 Å². The Balaban J connectivity index is 1.33. The molecule has 2 fully saturated rings. The predicted octanol–water partition coefficient (Wildman–Crippen LogP) is -0.329. The van der Waals surface area contributed by atoms with Crippen molar-refractivity contribution in [2.24, 2.45) is 11.8 Å². The van der Waals surface area contributed by atoms with Gasteiger partial charge in [-0.1, -0.05) is 0 Å². The third-order valence-corrected chi connectivity index (χ3v) is 9.22. The lowest BCUT2D eigenvalue weighted by atomic mass is 10.1. The molecule has 0 aliphatic carbocycles. The van der Waals surface area contributed by atoms with Gasteiger partial charge in [0.2, 0.25) is 0 Å². The fraction of sp³-hybridized carbons (Fsp3) is 0.889. The summed E-state index contributed by atoms with van der Waals surface area (Å²) in [5.74, 6) is 1.05. The molecule has 2 aliphatic rings. The summed E-state index contributed by atoms with van der Waals surface area (Å²) in [5.41, 5.74) is 0. The van der Waals surface area contributed by atoms with Gasteiger partial charge in [-0.3, -0.25) is 0 Å². The molecule has 2 atom stereocenters. The minimum atomic E-state index is -2.88. The van der Waals surface area contributed by atoms with Crippen LogP contribution in [0.1, 0.15) is 12.8 Å². The van der Waals surface area contributed by atoms with E-state index in [1.807, 2.05) is 0 Å². The average molecular weight is 533 g/mol. The first-order valence-corrected chi connectivity index (χ1v) is 15.0. The first-order chi connectivity index (χ1) is 15.2. The number of sulfone groups is 2. The van der Waals surface area contributed by atoms with E-state index in [4.69, 9.17) is 43.4 Å². The van der Waals surface area contributed by atoms with Gasteiger partial charge in [-0.05, 0) is 49.1 Å². The number of ether oxygens (including phenoxy) is 4. The van der Waals surface area contributed by atoms with Crippen LogP contribution in [0.15, 0.2) is 0 Å². The van der Waals surface area contributed by atoms with Gasteiger partial charge in [-0.15, -0.1) is 0 Å². The molecule has 0 saturated carbocycles. The molecule has 2 rings (SSSR count). The lowest BCUT2D eigenvalue weighted by molar-refractivity contribution is 0.0248. The van der Waals surface area contributed by atoms with E-state index in [2.05, 4.69) is 10.6 Å². The molecule has 0 aromatic heterocycles. The maximum atomic E-state index is 11.4. The zero-order valence-corrected chi connectivity index (χ0v) is 21.2. The van der Waals surface area contributed by atoms with Crippen LogP contribution in [0.4, 0.5) is 0 Å². The molecule has 14 heteroatoms. The van der Waals surface area contributed by atoms with Crippen molar-refractivity contribution in [3.8, 4) is 0 Å². The fourth-order valence-corrected chi connectivity index (χ4v) is 7.39. The zero-order chi connectivity index (χ0) is 23.5. The average Bonchev–Trinajstić information content (AvgIpc) is 3.26. The Morgan fingerprint density at radius 3 is 1.41 bits per heavy atom. The Kier molecular flexibility index (Phi) is 11.8. The van der Waals surface area contributed by atoms with Crippen LogP contribution < -0.4 is 10.6 Å². The molecule has 2 N–H and O–H groups in total. The number of thiocarbonyl (C=S) groups is 2. The fourth-order valence-electron chi connectivity index (χ4n) is 3.33. The Labute approximate surface area is 200 Å². The van der Waals surface area contributed by atoms with Gasteiger partial charge in [0.05, 0.1) is 49.4 Å². The van der Waals surface area contributed by atoms with Crippen molar-refractivity contribution in [1.82, 2.24) is 10.6 Å². The van der Waals surface area contributed by atoms with E-state index in [0.717, 1.165) is 0 Å². The van der Waals surface area contributed by atoms with Crippen molar-refractivity contribution in [2.45, 2.75) is 12.8 Å². The molecule has 2 heterocycles. The van der Waals surface area contributed by atoms with Crippen LogP contribution in [0.5, 0.6) is 0 Å². The molecule has 0 amide bonds. The zero-order valence-electron chi connectivity index (χ0n) is 18.0. The minimum Gasteiger partial charge on any atom is -0.469 e. The van der Waals surface area contributed by atoms with Crippen molar-refractivity contribution < 1.29 is 35.8 Å². The highest BCUT2D eigenvalue weighted by molar-refractivity contribution is 7.91. The van der Waals surface area contributed by atoms with E-state index in [0.29, 0.717) is 65.6 Å². The van der Waals surface area contributed by atoms with Gasteiger partial charge in [0.15, 0.2) is 19.7 Å². The maximum absolute atomic E-state index is 11.4. The van der Waals surface area contributed by atoms with E-state index in [9.17, 15) is 16.8 Å². The van der Waals surface area contributed by atoms with E-state index in [1.54, 1.807) is 0 Å². The molecule has 2 unspecified atom stereocenters. The van der Waals surface area contributed by atoms with Gasteiger partial charge in [0.25, 0.3) is 10.3 Å². The normalized spacial score (nSPS) is 23.5. The lowest BCUT2D eigenvalue weighted by Crippen LogP contribution is -2.31. The van der Waals surface area contributed by atoms with E-state index < -0.39 is 19.7 Å². The van der Waals surface area contributed by atoms with Crippen LogP contribution in [-0.2, 0) is 38.6 Å². The van der Waals surface area contributed by atoms with Crippen molar-refractivity contribution in [3.63, 3.8) is 0 Å². The summed E-state index contributed by atoms with van der Waals surface area (Å²) in [6, 6.07) is 0. The second-order valence-corrected chi connectivity index (χ2v) is 13.0. The molecule has 2 saturated heterocycles. The lowest BCUT2D eigenvalue weighted by Gasteiger charge is -2.13. The Morgan fingerprint density at radius 2 is 1.06 bits per heavy atom. The second kappa shape index (κ2) is 13.8. The summed E-state index contributed by atoms with van der Waals surface area (Å²) in [6.07, 6.45) is 1.31. The molecule has 0 aromatic carbocycles. The highest BCUT2D eigenvalue weighted by atomic mass is 32.2. The number of nitrogens with one attached hydrogen (secondary N) is 2. The van der Waals surface area contributed by atoms with Crippen molar-refractivity contribution in [2.75, 3.05) is 75.7 Å². The van der Waals surface area contributed by atoms with Gasteiger partial charge >= 0.3 is 0 Å². The highest BCUT2D eigenvalue weighted by Gasteiger charge is 2.28. The highest BCUT2D eigenvalue weighted by Crippen LogP contribution is 2.18. The Morgan fingerprint density at radius 1 is 0.688 bits per heavy atom. The molecule has 0 radical (unpaired) electrons. The summed E-state index contributed by atoms with van der Waals surface area (Å²) < 4.78 is 67.1. The van der Waals surface area contributed by atoms with Crippen LogP contribution in [0.2, 0.25) is 0 Å². The van der Waals surface area contributed by atoms with Gasteiger partial charge in [0.1, 0.15) is 13.2 Å². The molecular weight excluding hydrogens is 500 g/mol. The van der Waals surface area contributed by atoms with Crippen LogP contribution >= 0.6 is 24.4 Å². The first kappa shape index (κ1) is 27.4. The largest absolute Gasteiger partial charge is 0.469 e. The molecule has 0 bridgehead atoms. The molecule has 10 nitrogen and oxygen atoms in total. The summed E-state index contributed by atoms with van der Waals surface area (Å²) in [6.45, 7) is 3.06. The quantitative estimate of drug-likeness (QED) is 0.238. The molecule has 32 heavy (non-hydrogen) atoms. The van der Waals surface area contributed by atoms with E-state index >= 15 is 0 Å². The smallest absolute Gasteiger partial charge is 0.256 e. The molecule has 186 valence electrons. The van der Waals surface area contributed by atoms with Gasteiger partial charge in [0, 0.05) is 13.1 Å². The maximum Gasteiger partial charge on any atom is 0.256 e. The molecular formula is C18H32N2O8S4. The van der Waals surface area contributed by atoms with Gasteiger partial charge in [-0.2, -0.15) is 0 Å². The number of rotatable bonds is 13. The first-order valence-electron chi connectivity index (χ1n) is 10.5. The third kappa shape index (κ3) is 11.9. The van der Waals surface area contributed by atoms with Crippen LogP contribution in [0.3, 0.4) is 0 Å². The molecule has 0 spiro atoms. The SMILES string of the molecule is O=S1(=O)CCC(CNC(=S)OCCOCCOCCOC(=S)NCC2CCS(=O)(=O)C2)C1. The van der Waals surface area contributed by atoms with Gasteiger partial charge < -0.3 is 29.6 Å². The van der Waals surface area contributed by atoms with Crippen molar-refractivity contribution in [1.29, 1.82) is 0 Å². The summed E-state index contributed by atoms with van der Waals surface area (Å²) in [4.78, 5) is 0. The summed E-state index contributed by atoms with van der Waals surface area (Å²) in [5, 5.41) is 6.35.